The Morgan fingerprint density at radius 2 is 1.81 bits per heavy atom. The van der Waals surface area contributed by atoms with Gasteiger partial charge < -0.3 is 11.1 Å². The first-order valence-electron chi connectivity index (χ1n) is 6.92. The number of hydrogen-bond acceptors (Lipinski definition) is 3. The van der Waals surface area contributed by atoms with E-state index in [1.807, 2.05) is 64.2 Å². The van der Waals surface area contributed by atoms with E-state index in [0.717, 1.165) is 11.4 Å². The molecule has 0 radical (unpaired) electrons. The van der Waals surface area contributed by atoms with Crippen LogP contribution >= 0.6 is 0 Å². The maximum atomic E-state index is 12.4. The molecular weight excluding hydrogens is 264 g/mol. The summed E-state index contributed by atoms with van der Waals surface area (Å²) in [6.07, 6.45) is 3.59. The number of amides is 1. The molecule has 0 spiro atoms. The number of hydrogen-bond donors (Lipinski definition) is 2. The first kappa shape index (κ1) is 15.3. The van der Waals surface area contributed by atoms with Gasteiger partial charge in [-0.1, -0.05) is 0 Å². The van der Waals surface area contributed by atoms with E-state index in [9.17, 15) is 4.79 Å². The van der Waals surface area contributed by atoms with Gasteiger partial charge >= 0.3 is 0 Å². The molecule has 1 heterocycles. The first-order valence-corrected chi connectivity index (χ1v) is 6.92. The van der Waals surface area contributed by atoms with Crippen molar-refractivity contribution in [2.45, 2.75) is 33.2 Å². The Kier molecular flexibility index (Phi) is 3.87. The van der Waals surface area contributed by atoms with Crippen LogP contribution in [-0.4, -0.2) is 21.2 Å². The molecule has 0 fully saturated rings. The van der Waals surface area contributed by atoms with E-state index in [4.69, 9.17) is 5.73 Å². The topological polar surface area (TPSA) is 72.9 Å². The van der Waals surface area contributed by atoms with Gasteiger partial charge in [0.05, 0.1) is 11.1 Å². The largest absolute Gasteiger partial charge is 0.326 e. The van der Waals surface area contributed by atoms with Crippen LogP contribution < -0.4 is 11.1 Å². The lowest BCUT2D eigenvalue weighted by atomic mass is 9.74. The molecule has 5 nitrogen and oxygen atoms in total. The number of nitrogens with two attached hydrogens (primary N) is 1. The third-order valence-corrected chi connectivity index (χ3v) is 4.07. The predicted octanol–water partition coefficient (Wildman–Crippen LogP) is 2.57. The lowest BCUT2D eigenvalue weighted by Crippen LogP contribution is -2.53. The minimum Gasteiger partial charge on any atom is -0.326 e. The number of nitrogens with zero attached hydrogens (tertiary/aromatic N) is 2. The molecule has 0 saturated heterocycles. The molecule has 1 amide bonds. The zero-order valence-electron chi connectivity index (χ0n) is 12.9. The van der Waals surface area contributed by atoms with E-state index < -0.39 is 11.0 Å². The van der Waals surface area contributed by atoms with Gasteiger partial charge in [-0.05, 0) is 58.0 Å². The number of nitrogens with one attached hydrogen (secondary N) is 1. The second-order valence-corrected chi connectivity index (χ2v) is 6.30. The summed E-state index contributed by atoms with van der Waals surface area (Å²) < 4.78 is 1.76. The van der Waals surface area contributed by atoms with Crippen molar-refractivity contribution in [2.24, 2.45) is 11.1 Å². The summed E-state index contributed by atoms with van der Waals surface area (Å²) in [5.74, 6) is -0.0955. The van der Waals surface area contributed by atoms with Crippen LogP contribution in [0.3, 0.4) is 0 Å². The van der Waals surface area contributed by atoms with Crippen LogP contribution in [-0.2, 0) is 4.79 Å². The second kappa shape index (κ2) is 5.33. The number of benzene rings is 1. The summed E-state index contributed by atoms with van der Waals surface area (Å²) in [6, 6.07) is 9.39. The van der Waals surface area contributed by atoms with Crippen molar-refractivity contribution >= 4 is 11.6 Å². The van der Waals surface area contributed by atoms with E-state index in [1.165, 1.54) is 0 Å². The molecule has 2 rings (SSSR count). The third-order valence-electron chi connectivity index (χ3n) is 4.07. The maximum absolute atomic E-state index is 12.4. The summed E-state index contributed by atoms with van der Waals surface area (Å²) in [5, 5.41) is 7.07. The molecule has 2 aromatic rings. The molecule has 5 heteroatoms. The highest BCUT2D eigenvalue weighted by atomic mass is 16.2. The van der Waals surface area contributed by atoms with Gasteiger partial charge in [-0.15, -0.1) is 0 Å². The molecule has 112 valence electrons. The Bertz CT molecular complexity index is 607. The molecule has 0 aliphatic heterocycles. The van der Waals surface area contributed by atoms with Gasteiger partial charge in [-0.2, -0.15) is 5.10 Å². The summed E-state index contributed by atoms with van der Waals surface area (Å²) in [4.78, 5) is 12.4. The Labute approximate surface area is 125 Å². The SMILES string of the molecule is CC(C)(N)C(C)(C)C(=O)Nc1ccc(-n2cccn2)cc1. The Hall–Kier alpha value is -2.14. The van der Waals surface area contributed by atoms with Crippen molar-refractivity contribution in [1.29, 1.82) is 0 Å². The number of rotatable bonds is 4. The Morgan fingerprint density at radius 3 is 2.29 bits per heavy atom. The fourth-order valence-corrected chi connectivity index (χ4v) is 1.70. The molecule has 0 bridgehead atoms. The van der Waals surface area contributed by atoms with Gasteiger partial charge in [0.1, 0.15) is 0 Å². The molecule has 3 N–H and O–H groups in total. The molecule has 0 unspecified atom stereocenters. The average molecular weight is 286 g/mol. The predicted molar refractivity (Wildman–Crippen MR) is 84.2 cm³/mol. The number of carbonyl (C=O) groups excluding carboxylic acids is 1. The molecule has 0 atom stereocenters. The van der Waals surface area contributed by atoms with E-state index >= 15 is 0 Å². The van der Waals surface area contributed by atoms with Crippen molar-refractivity contribution in [3.63, 3.8) is 0 Å². The minimum absolute atomic E-state index is 0.0955. The monoisotopic (exact) mass is 286 g/mol. The molecule has 21 heavy (non-hydrogen) atoms. The Morgan fingerprint density at radius 1 is 1.19 bits per heavy atom. The fourth-order valence-electron chi connectivity index (χ4n) is 1.70. The third kappa shape index (κ3) is 3.13. The van der Waals surface area contributed by atoms with Crippen LogP contribution in [0, 0.1) is 5.41 Å². The lowest BCUT2D eigenvalue weighted by molar-refractivity contribution is -0.126. The molecule has 0 aliphatic rings. The van der Waals surface area contributed by atoms with Gasteiger partial charge in [0.2, 0.25) is 5.91 Å². The highest BCUT2D eigenvalue weighted by molar-refractivity contribution is 5.95. The van der Waals surface area contributed by atoms with Crippen molar-refractivity contribution in [1.82, 2.24) is 9.78 Å². The van der Waals surface area contributed by atoms with Crippen molar-refractivity contribution in [3.8, 4) is 5.69 Å². The Balaban J connectivity index is 2.12. The highest BCUT2D eigenvalue weighted by Crippen LogP contribution is 2.29. The van der Waals surface area contributed by atoms with Gasteiger partial charge in [-0.3, -0.25) is 4.79 Å². The van der Waals surface area contributed by atoms with Gasteiger partial charge in [-0.25, -0.2) is 4.68 Å². The molecule has 1 aromatic carbocycles. The van der Waals surface area contributed by atoms with E-state index in [2.05, 4.69) is 10.4 Å². The normalized spacial score (nSPS) is 12.2. The van der Waals surface area contributed by atoms with Gasteiger partial charge in [0.15, 0.2) is 0 Å². The summed E-state index contributed by atoms with van der Waals surface area (Å²) in [6.45, 7) is 7.40. The van der Waals surface area contributed by atoms with Gasteiger partial charge in [0.25, 0.3) is 0 Å². The standard InChI is InChI=1S/C16H22N4O/c1-15(2,16(3,4)17)14(21)19-12-6-8-13(9-7-12)20-11-5-10-18-20/h5-11H,17H2,1-4H3,(H,19,21). The van der Waals surface area contributed by atoms with Crippen LogP contribution in [0.1, 0.15) is 27.7 Å². The van der Waals surface area contributed by atoms with Crippen molar-refractivity contribution in [2.75, 3.05) is 5.32 Å². The van der Waals surface area contributed by atoms with Crippen molar-refractivity contribution < 1.29 is 4.79 Å². The number of carbonyl (C=O) groups is 1. The zero-order valence-corrected chi connectivity index (χ0v) is 12.9. The van der Waals surface area contributed by atoms with Gasteiger partial charge in [0, 0.05) is 23.6 Å². The average Bonchev–Trinajstić information content (AvgIpc) is 2.92. The zero-order chi connectivity index (χ0) is 15.7. The van der Waals surface area contributed by atoms with Crippen LogP contribution in [0.2, 0.25) is 0 Å². The fraction of sp³-hybridized carbons (Fsp3) is 0.375. The van der Waals surface area contributed by atoms with E-state index in [1.54, 1.807) is 10.9 Å². The minimum atomic E-state index is -0.673. The van der Waals surface area contributed by atoms with E-state index in [-0.39, 0.29) is 5.91 Å². The summed E-state index contributed by atoms with van der Waals surface area (Å²) in [5.41, 5.74) is 6.49. The first-order chi connectivity index (χ1) is 9.72. The number of aromatic nitrogens is 2. The molecule has 1 aromatic heterocycles. The number of anilines is 1. The lowest BCUT2D eigenvalue weighted by Gasteiger charge is -2.36. The molecular formula is C16H22N4O. The quantitative estimate of drug-likeness (QED) is 0.907. The van der Waals surface area contributed by atoms with E-state index in [0.29, 0.717) is 0 Å². The van der Waals surface area contributed by atoms with Crippen LogP contribution in [0.4, 0.5) is 5.69 Å². The second-order valence-electron chi connectivity index (χ2n) is 6.30. The molecule has 0 aliphatic carbocycles. The maximum Gasteiger partial charge on any atom is 0.231 e. The van der Waals surface area contributed by atoms with Crippen LogP contribution in [0.25, 0.3) is 5.69 Å². The smallest absolute Gasteiger partial charge is 0.231 e. The van der Waals surface area contributed by atoms with Crippen LogP contribution in [0.15, 0.2) is 42.7 Å². The summed E-state index contributed by atoms with van der Waals surface area (Å²) in [7, 11) is 0. The summed E-state index contributed by atoms with van der Waals surface area (Å²) >= 11 is 0. The molecule has 0 saturated carbocycles. The highest BCUT2D eigenvalue weighted by Gasteiger charge is 2.40. The van der Waals surface area contributed by atoms with Crippen LogP contribution in [0.5, 0.6) is 0 Å². The van der Waals surface area contributed by atoms with Crippen molar-refractivity contribution in [3.05, 3.63) is 42.7 Å².